The van der Waals surface area contributed by atoms with Crippen molar-refractivity contribution in [3.8, 4) is 5.75 Å². The molecule has 4 heteroatoms. The Bertz CT molecular complexity index is 704. The second kappa shape index (κ2) is 5.33. The van der Waals surface area contributed by atoms with Gasteiger partial charge in [-0.15, -0.1) is 0 Å². The van der Waals surface area contributed by atoms with Crippen LogP contribution in [0, 0.1) is 0 Å². The summed E-state index contributed by atoms with van der Waals surface area (Å²) in [4.78, 5) is 11.5. The van der Waals surface area contributed by atoms with Gasteiger partial charge in [0.15, 0.2) is 0 Å². The molecule has 4 nitrogen and oxygen atoms in total. The van der Waals surface area contributed by atoms with Crippen LogP contribution in [0.2, 0.25) is 0 Å². The van der Waals surface area contributed by atoms with E-state index in [0.717, 1.165) is 17.0 Å². The Kier molecular flexibility index (Phi) is 3.37. The molecule has 0 saturated carbocycles. The number of aromatic amines is 1. The molecule has 1 N–H and O–H groups in total. The normalized spacial score (nSPS) is 11.2. The lowest BCUT2D eigenvalue weighted by molar-refractivity contribution is 0.301. The molecule has 0 amide bonds. The maximum Gasteiger partial charge on any atom is 0.130 e. The van der Waals surface area contributed by atoms with Gasteiger partial charge < -0.3 is 9.72 Å². The van der Waals surface area contributed by atoms with Gasteiger partial charge in [-0.05, 0) is 35.6 Å². The van der Waals surface area contributed by atoms with Gasteiger partial charge in [0.1, 0.15) is 18.7 Å². The molecule has 0 spiro atoms. The third kappa shape index (κ3) is 2.64. The first-order valence-corrected chi connectivity index (χ1v) is 6.73. The van der Waals surface area contributed by atoms with Gasteiger partial charge in [0.05, 0.1) is 5.69 Å². The first-order valence-electron chi connectivity index (χ1n) is 6.73. The number of hydrogen-bond acceptors (Lipinski definition) is 3. The van der Waals surface area contributed by atoms with Crippen molar-refractivity contribution in [1.29, 1.82) is 0 Å². The number of ether oxygens (including phenoxy) is 1. The van der Waals surface area contributed by atoms with Crippen LogP contribution in [0.3, 0.4) is 0 Å². The summed E-state index contributed by atoms with van der Waals surface area (Å²) in [6.45, 7) is 4.81. The van der Waals surface area contributed by atoms with Crippen molar-refractivity contribution in [3.63, 3.8) is 0 Å². The highest BCUT2D eigenvalue weighted by molar-refractivity contribution is 5.82. The van der Waals surface area contributed by atoms with Gasteiger partial charge in [-0.3, -0.25) is 0 Å². The molecule has 3 aromatic rings. The van der Waals surface area contributed by atoms with Gasteiger partial charge >= 0.3 is 0 Å². The van der Waals surface area contributed by atoms with Crippen molar-refractivity contribution in [2.24, 2.45) is 0 Å². The molecular formula is C16H17N3O. The molecule has 0 aliphatic heterocycles. The van der Waals surface area contributed by atoms with Gasteiger partial charge in [-0.25, -0.2) is 9.97 Å². The predicted molar refractivity (Wildman–Crippen MR) is 78.8 cm³/mol. The second-order valence-electron chi connectivity index (χ2n) is 5.12. The van der Waals surface area contributed by atoms with Crippen LogP contribution < -0.4 is 4.74 Å². The number of hydrogen-bond donors (Lipinski definition) is 1. The van der Waals surface area contributed by atoms with Crippen LogP contribution in [0.25, 0.3) is 10.9 Å². The lowest BCUT2D eigenvalue weighted by Gasteiger charge is -2.05. The van der Waals surface area contributed by atoms with Crippen molar-refractivity contribution in [2.75, 3.05) is 0 Å². The highest BCUT2D eigenvalue weighted by Gasteiger charge is 2.05. The zero-order chi connectivity index (χ0) is 13.9. The van der Waals surface area contributed by atoms with E-state index >= 15 is 0 Å². The van der Waals surface area contributed by atoms with Crippen LogP contribution in [-0.2, 0) is 6.61 Å². The monoisotopic (exact) mass is 267 g/mol. The van der Waals surface area contributed by atoms with Crippen LogP contribution in [0.1, 0.15) is 31.2 Å². The predicted octanol–water partition coefficient (Wildman–Crippen LogP) is 3.66. The molecule has 3 rings (SSSR count). The van der Waals surface area contributed by atoms with Gasteiger partial charge in [-0.2, -0.15) is 0 Å². The van der Waals surface area contributed by atoms with Gasteiger partial charge in [-0.1, -0.05) is 13.8 Å². The Morgan fingerprint density at radius 3 is 2.85 bits per heavy atom. The number of nitrogens with zero attached hydrogens (tertiary/aromatic N) is 2. The van der Waals surface area contributed by atoms with E-state index in [1.807, 2.05) is 18.2 Å². The largest absolute Gasteiger partial charge is 0.487 e. The van der Waals surface area contributed by atoms with E-state index in [0.29, 0.717) is 12.5 Å². The van der Waals surface area contributed by atoms with E-state index in [4.69, 9.17) is 4.74 Å². The number of aromatic nitrogens is 3. The first-order chi connectivity index (χ1) is 9.72. The third-order valence-electron chi connectivity index (χ3n) is 3.27. The first kappa shape index (κ1) is 12.7. The molecule has 0 aliphatic rings. The molecular weight excluding hydrogens is 250 g/mol. The van der Waals surface area contributed by atoms with E-state index in [1.54, 1.807) is 6.20 Å². The van der Waals surface area contributed by atoms with Crippen molar-refractivity contribution in [1.82, 2.24) is 15.0 Å². The maximum atomic E-state index is 5.76. The average molecular weight is 267 g/mol. The molecule has 0 saturated heterocycles. The minimum absolute atomic E-state index is 0.450. The van der Waals surface area contributed by atoms with E-state index < -0.39 is 0 Å². The number of fused-ring (bicyclic) bond motifs is 1. The van der Waals surface area contributed by atoms with E-state index in [9.17, 15) is 0 Å². The zero-order valence-corrected chi connectivity index (χ0v) is 11.6. The van der Waals surface area contributed by atoms with Crippen LogP contribution in [0.5, 0.6) is 5.75 Å². The fourth-order valence-electron chi connectivity index (χ4n) is 2.09. The molecule has 0 aliphatic carbocycles. The summed E-state index contributed by atoms with van der Waals surface area (Å²) >= 11 is 0. The van der Waals surface area contributed by atoms with Crippen LogP contribution in [0.4, 0.5) is 0 Å². The van der Waals surface area contributed by atoms with E-state index in [2.05, 4.69) is 40.9 Å². The SMILES string of the molecule is CC(C)c1cc2ccc(OCc3ccncn3)cc2[nH]1. The van der Waals surface area contributed by atoms with Gasteiger partial charge in [0.25, 0.3) is 0 Å². The van der Waals surface area contributed by atoms with E-state index in [1.165, 1.54) is 17.4 Å². The van der Waals surface area contributed by atoms with Gasteiger partial charge in [0, 0.05) is 23.5 Å². The Labute approximate surface area is 117 Å². The molecule has 20 heavy (non-hydrogen) atoms. The molecule has 102 valence electrons. The summed E-state index contributed by atoms with van der Waals surface area (Å²) in [5.74, 6) is 1.33. The molecule has 0 unspecified atom stereocenters. The minimum atomic E-state index is 0.450. The number of benzene rings is 1. The van der Waals surface area contributed by atoms with Crippen molar-refractivity contribution in [2.45, 2.75) is 26.4 Å². The molecule has 0 atom stereocenters. The summed E-state index contributed by atoms with van der Waals surface area (Å²) in [6.07, 6.45) is 3.25. The third-order valence-corrected chi connectivity index (χ3v) is 3.27. The van der Waals surface area contributed by atoms with E-state index in [-0.39, 0.29) is 0 Å². The fourth-order valence-corrected chi connectivity index (χ4v) is 2.09. The number of rotatable bonds is 4. The van der Waals surface area contributed by atoms with Crippen molar-refractivity contribution in [3.05, 3.63) is 54.2 Å². The minimum Gasteiger partial charge on any atom is -0.487 e. The zero-order valence-electron chi connectivity index (χ0n) is 11.6. The molecule has 1 aromatic carbocycles. The van der Waals surface area contributed by atoms with Crippen molar-refractivity contribution < 1.29 is 4.74 Å². The smallest absolute Gasteiger partial charge is 0.130 e. The topological polar surface area (TPSA) is 50.8 Å². The summed E-state index contributed by atoms with van der Waals surface area (Å²) in [6, 6.07) is 10.1. The standard InChI is InChI=1S/C16H17N3O/c1-11(2)15-7-12-3-4-14(8-16(12)19-15)20-9-13-5-6-17-10-18-13/h3-8,10-11,19H,9H2,1-2H3. The highest BCUT2D eigenvalue weighted by Crippen LogP contribution is 2.25. The number of H-pyrrole nitrogens is 1. The molecule has 2 heterocycles. The van der Waals surface area contributed by atoms with Crippen LogP contribution >= 0.6 is 0 Å². The Balaban J connectivity index is 1.78. The van der Waals surface area contributed by atoms with Crippen LogP contribution in [0.15, 0.2) is 42.9 Å². The van der Waals surface area contributed by atoms with Crippen molar-refractivity contribution >= 4 is 10.9 Å². The molecule has 0 fully saturated rings. The highest BCUT2D eigenvalue weighted by atomic mass is 16.5. The Morgan fingerprint density at radius 2 is 2.10 bits per heavy atom. The van der Waals surface area contributed by atoms with Gasteiger partial charge in [0.2, 0.25) is 0 Å². The number of nitrogens with one attached hydrogen (secondary N) is 1. The quantitative estimate of drug-likeness (QED) is 0.784. The summed E-state index contributed by atoms with van der Waals surface area (Å²) in [7, 11) is 0. The summed E-state index contributed by atoms with van der Waals surface area (Å²) < 4.78 is 5.76. The maximum absolute atomic E-state index is 5.76. The lowest BCUT2D eigenvalue weighted by Crippen LogP contribution is -1.97. The average Bonchev–Trinajstić information content (AvgIpc) is 2.89. The summed E-state index contributed by atoms with van der Waals surface area (Å²) in [5.41, 5.74) is 3.22. The molecule has 0 radical (unpaired) electrons. The Hall–Kier alpha value is -2.36. The van der Waals surface area contributed by atoms with Crippen LogP contribution in [-0.4, -0.2) is 15.0 Å². The fraction of sp³-hybridized carbons (Fsp3) is 0.250. The Morgan fingerprint density at radius 1 is 1.20 bits per heavy atom. The molecule has 2 aromatic heterocycles. The second-order valence-corrected chi connectivity index (χ2v) is 5.12. The summed E-state index contributed by atoms with van der Waals surface area (Å²) in [5, 5.41) is 1.21. The molecule has 0 bridgehead atoms. The lowest BCUT2D eigenvalue weighted by atomic mass is 10.1.